The molecule has 0 aromatic heterocycles. The SMILES string of the molecule is CC(OC(C)(O)N(C)C)N(C)C. The second-order valence-corrected chi connectivity index (χ2v) is 3.51. The fourth-order valence-electron chi connectivity index (χ4n) is 0.534. The van der Waals surface area contributed by atoms with E-state index in [0.717, 1.165) is 0 Å². The molecule has 0 saturated carbocycles. The highest BCUT2D eigenvalue weighted by molar-refractivity contribution is 4.57. The lowest BCUT2D eigenvalue weighted by Crippen LogP contribution is -2.48. The van der Waals surface area contributed by atoms with Gasteiger partial charge in [-0.25, -0.2) is 0 Å². The maximum atomic E-state index is 9.69. The normalized spacial score (nSPS) is 19.8. The second kappa shape index (κ2) is 4.18. The van der Waals surface area contributed by atoms with Crippen molar-refractivity contribution in [3.05, 3.63) is 0 Å². The van der Waals surface area contributed by atoms with Crippen LogP contribution in [-0.4, -0.2) is 55.2 Å². The average molecular weight is 176 g/mol. The van der Waals surface area contributed by atoms with Crippen molar-refractivity contribution in [2.24, 2.45) is 0 Å². The van der Waals surface area contributed by atoms with Gasteiger partial charge in [0.1, 0.15) is 6.23 Å². The van der Waals surface area contributed by atoms with Gasteiger partial charge in [-0.15, -0.1) is 0 Å². The maximum absolute atomic E-state index is 9.69. The summed E-state index contributed by atoms with van der Waals surface area (Å²) in [6, 6.07) is 0. The van der Waals surface area contributed by atoms with Crippen molar-refractivity contribution in [2.45, 2.75) is 26.0 Å². The van der Waals surface area contributed by atoms with Crippen LogP contribution in [0.5, 0.6) is 0 Å². The molecular formula is C8H20N2O2. The van der Waals surface area contributed by atoms with Crippen molar-refractivity contribution in [2.75, 3.05) is 28.2 Å². The Balaban J connectivity index is 4.05. The van der Waals surface area contributed by atoms with Crippen molar-refractivity contribution in [3.8, 4) is 0 Å². The van der Waals surface area contributed by atoms with Crippen LogP contribution in [0.2, 0.25) is 0 Å². The fraction of sp³-hybridized carbons (Fsp3) is 1.00. The van der Waals surface area contributed by atoms with Crippen molar-refractivity contribution in [1.82, 2.24) is 9.80 Å². The van der Waals surface area contributed by atoms with Crippen LogP contribution in [0, 0.1) is 0 Å². The van der Waals surface area contributed by atoms with E-state index in [9.17, 15) is 5.11 Å². The third-order valence-electron chi connectivity index (χ3n) is 1.95. The molecular weight excluding hydrogens is 156 g/mol. The predicted molar refractivity (Wildman–Crippen MR) is 48.5 cm³/mol. The summed E-state index contributed by atoms with van der Waals surface area (Å²) in [5.41, 5.74) is 0. The number of hydrogen-bond acceptors (Lipinski definition) is 4. The standard InChI is InChI=1S/C8H20N2O2/c1-7(9(3)4)12-8(2,11)10(5)6/h7,11H,1-6H3. The van der Waals surface area contributed by atoms with E-state index in [4.69, 9.17) is 4.74 Å². The van der Waals surface area contributed by atoms with Gasteiger partial charge in [0.15, 0.2) is 0 Å². The van der Waals surface area contributed by atoms with E-state index in [1.54, 1.807) is 25.9 Å². The van der Waals surface area contributed by atoms with E-state index in [-0.39, 0.29) is 6.23 Å². The quantitative estimate of drug-likeness (QED) is 0.618. The van der Waals surface area contributed by atoms with Crippen LogP contribution in [0.15, 0.2) is 0 Å². The number of nitrogens with zero attached hydrogens (tertiary/aromatic N) is 2. The zero-order valence-corrected chi connectivity index (χ0v) is 8.83. The van der Waals surface area contributed by atoms with Gasteiger partial charge in [-0.05, 0) is 35.1 Å². The highest BCUT2D eigenvalue weighted by atomic mass is 16.7. The molecule has 2 atom stereocenters. The predicted octanol–water partition coefficient (Wildman–Crippen LogP) is 0.138. The summed E-state index contributed by atoms with van der Waals surface area (Å²) in [7, 11) is 7.33. The molecule has 2 unspecified atom stereocenters. The number of rotatable bonds is 4. The molecule has 0 rings (SSSR count). The van der Waals surface area contributed by atoms with Crippen LogP contribution in [0.1, 0.15) is 13.8 Å². The van der Waals surface area contributed by atoms with Gasteiger partial charge in [0.25, 0.3) is 0 Å². The molecule has 0 fully saturated rings. The van der Waals surface area contributed by atoms with E-state index in [1.165, 1.54) is 0 Å². The van der Waals surface area contributed by atoms with Gasteiger partial charge >= 0.3 is 0 Å². The Kier molecular flexibility index (Phi) is 4.13. The fourth-order valence-corrected chi connectivity index (χ4v) is 0.534. The molecule has 0 aliphatic heterocycles. The Bertz CT molecular complexity index is 135. The van der Waals surface area contributed by atoms with Gasteiger partial charge in [0, 0.05) is 6.92 Å². The number of ether oxygens (including phenoxy) is 1. The summed E-state index contributed by atoms with van der Waals surface area (Å²) in [5.74, 6) is -1.20. The summed E-state index contributed by atoms with van der Waals surface area (Å²) in [6.07, 6.45) is -0.109. The molecule has 0 spiro atoms. The summed E-state index contributed by atoms with van der Waals surface area (Å²) < 4.78 is 5.37. The first-order valence-electron chi connectivity index (χ1n) is 4.01. The Labute approximate surface area is 74.7 Å². The van der Waals surface area contributed by atoms with Gasteiger partial charge in [0.05, 0.1) is 0 Å². The highest BCUT2D eigenvalue weighted by Gasteiger charge is 2.26. The van der Waals surface area contributed by atoms with Crippen LogP contribution in [-0.2, 0) is 4.74 Å². The molecule has 0 aromatic carbocycles. The highest BCUT2D eigenvalue weighted by Crippen LogP contribution is 2.12. The minimum absolute atomic E-state index is 0.109. The lowest BCUT2D eigenvalue weighted by Gasteiger charge is -2.35. The third kappa shape index (κ3) is 3.49. The minimum Gasteiger partial charge on any atom is -0.353 e. The topological polar surface area (TPSA) is 35.9 Å². The van der Waals surface area contributed by atoms with E-state index in [0.29, 0.717) is 0 Å². The lowest BCUT2D eigenvalue weighted by molar-refractivity contribution is -0.303. The van der Waals surface area contributed by atoms with Crippen molar-refractivity contribution in [3.63, 3.8) is 0 Å². The summed E-state index contributed by atoms with van der Waals surface area (Å²) >= 11 is 0. The Hall–Kier alpha value is -0.160. The van der Waals surface area contributed by atoms with Crippen LogP contribution in [0.3, 0.4) is 0 Å². The van der Waals surface area contributed by atoms with Crippen LogP contribution >= 0.6 is 0 Å². The molecule has 0 heterocycles. The molecule has 0 radical (unpaired) electrons. The molecule has 0 bridgehead atoms. The van der Waals surface area contributed by atoms with Gasteiger partial charge in [-0.2, -0.15) is 0 Å². The van der Waals surface area contributed by atoms with Gasteiger partial charge in [0.2, 0.25) is 5.91 Å². The number of aliphatic hydroxyl groups is 1. The minimum atomic E-state index is -1.20. The average Bonchev–Trinajstić information content (AvgIpc) is 1.85. The molecule has 0 aromatic rings. The van der Waals surface area contributed by atoms with Crippen molar-refractivity contribution < 1.29 is 9.84 Å². The summed E-state index contributed by atoms with van der Waals surface area (Å²) in [6.45, 7) is 3.50. The van der Waals surface area contributed by atoms with Gasteiger partial charge in [-0.3, -0.25) is 9.80 Å². The Morgan fingerprint density at radius 1 is 1.25 bits per heavy atom. The molecule has 0 saturated heterocycles. The lowest BCUT2D eigenvalue weighted by atomic mass is 10.5. The molecule has 12 heavy (non-hydrogen) atoms. The van der Waals surface area contributed by atoms with E-state index >= 15 is 0 Å². The van der Waals surface area contributed by atoms with E-state index < -0.39 is 5.91 Å². The van der Waals surface area contributed by atoms with Gasteiger partial charge < -0.3 is 9.84 Å². The third-order valence-corrected chi connectivity index (χ3v) is 1.95. The first kappa shape index (κ1) is 11.8. The second-order valence-electron chi connectivity index (χ2n) is 3.51. The van der Waals surface area contributed by atoms with Crippen molar-refractivity contribution >= 4 is 0 Å². The van der Waals surface area contributed by atoms with Crippen LogP contribution < -0.4 is 0 Å². The number of hydrogen-bond donors (Lipinski definition) is 1. The monoisotopic (exact) mass is 176 g/mol. The molecule has 0 amide bonds. The first-order chi connectivity index (χ1) is 5.27. The van der Waals surface area contributed by atoms with Crippen molar-refractivity contribution in [1.29, 1.82) is 0 Å². The smallest absolute Gasteiger partial charge is 0.225 e. The first-order valence-corrected chi connectivity index (χ1v) is 4.01. The van der Waals surface area contributed by atoms with E-state index in [2.05, 4.69) is 0 Å². The zero-order chi connectivity index (χ0) is 9.94. The molecule has 1 N–H and O–H groups in total. The molecule has 4 nitrogen and oxygen atoms in total. The Morgan fingerprint density at radius 3 is 1.92 bits per heavy atom. The summed E-state index contributed by atoms with van der Waals surface area (Å²) in [4.78, 5) is 3.50. The van der Waals surface area contributed by atoms with Crippen LogP contribution in [0.25, 0.3) is 0 Å². The maximum Gasteiger partial charge on any atom is 0.225 e. The molecule has 74 valence electrons. The zero-order valence-electron chi connectivity index (χ0n) is 8.83. The van der Waals surface area contributed by atoms with E-state index in [1.807, 2.05) is 25.9 Å². The van der Waals surface area contributed by atoms with Crippen LogP contribution in [0.4, 0.5) is 0 Å². The molecule has 0 aliphatic carbocycles. The Morgan fingerprint density at radius 2 is 1.67 bits per heavy atom. The molecule has 0 aliphatic rings. The van der Waals surface area contributed by atoms with Gasteiger partial charge in [-0.1, -0.05) is 0 Å². The largest absolute Gasteiger partial charge is 0.353 e. The summed E-state index contributed by atoms with van der Waals surface area (Å²) in [5, 5.41) is 9.69. The molecule has 4 heteroatoms.